The highest BCUT2D eigenvalue weighted by Crippen LogP contribution is 2.31. The lowest BCUT2D eigenvalue weighted by molar-refractivity contribution is 0.783. The Labute approximate surface area is 137 Å². The van der Waals surface area contributed by atoms with Gasteiger partial charge in [-0.15, -0.1) is 0 Å². The third kappa shape index (κ3) is 2.82. The Morgan fingerprint density at radius 2 is 1.91 bits per heavy atom. The topological polar surface area (TPSA) is 46.1 Å². The van der Waals surface area contributed by atoms with Crippen molar-refractivity contribution in [2.45, 2.75) is 19.9 Å². The van der Waals surface area contributed by atoms with Crippen molar-refractivity contribution in [3.05, 3.63) is 58.0 Å². The summed E-state index contributed by atoms with van der Waals surface area (Å²) in [6, 6.07) is 11.1. The molecule has 0 bridgehead atoms. The molecule has 3 rings (SSSR count). The van der Waals surface area contributed by atoms with Crippen LogP contribution in [0.4, 0.5) is 10.8 Å². The largest absolute Gasteiger partial charge is 0.315 e. The number of hydrogen-bond acceptors (Lipinski definition) is 5. The second-order valence-corrected chi connectivity index (χ2v) is 6.49. The van der Waals surface area contributed by atoms with E-state index in [0.29, 0.717) is 20.4 Å². The zero-order chi connectivity index (χ0) is 15.7. The zero-order valence-electron chi connectivity index (χ0n) is 12.2. The van der Waals surface area contributed by atoms with Crippen molar-refractivity contribution < 1.29 is 0 Å². The first kappa shape index (κ1) is 14.9. The number of hydrogen-bond donors (Lipinski definition) is 0. The standard InChI is InChI=1S/C16H14ClN3OS/c1-10(2)20(12-7-5-11(17)6-8-12)16-19-14(21)13-4-3-9-18-15(13)22-16/h3-10H,1-2H3. The molecule has 0 saturated heterocycles. The van der Waals surface area contributed by atoms with E-state index >= 15 is 0 Å². The van der Waals surface area contributed by atoms with Gasteiger partial charge < -0.3 is 4.90 Å². The van der Waals surface area contributed by atoms with Crippen LogP contribution in [0.5, 0.6) is 0 Å². The molecule has 0 spiro atoms. The van der Waals surface area contributed by atoms with Crippen LogP contribution >= 0.6 is 22.9 Å². The molecule has 6 heteroatoms. The molecule has 0 atom stereocenters. The molecule has 0 aliphatic rings. The monoisotopic (exact) mass is 331 g/mol. The maximum atomic E-state index is 12.2. The second-order valence-electron chi connectivity index (χ2n) is 5.10. The van der Waals surface area contributed by atoms with Gasteiger partial charge in [0, 0.05) is 22.9 Å². The molecule has 3 aromatic rings. The molecule has 0 fully saturated rings. The maximum Gasteiger partial charge on any atom is 0.282 e. The second kappa shape index (κ2) is 6.02. The first-order chi connectivity index (χ1) is 10.6. The van der Waals surface area contributed by atoms with Crippen LogP contribution in [0.15, 0.2) is 47.4 Å². The van der Waals surface area contributed by atoms with Crippen LogP contribution in [0.3, 0.4) is 0 Å². The van der Waals surface area contributed by atoms with Gasteiger partial charge in [-0.25, -0.2) is 4.98 Å². The van der Waals surface area contributed by atoms with E-state index in [1.807, 2.05) is 29.2 Å². The van der Waals surface area contributed by atoms with Gasteiger partial charge in [0.15, 0.2) is 5.13 Å². The number of halogens is 1. The molecule has 2 aromatic heterocycles. The fourth-order valence-electron chi connectivity index (χ4n) is 2.23. The average Bonchev–Trinajstić information content (AvgIpc) is 2.49. The van der Waals surface area contributed by atoms with Crippen molar-refractivity contribution in [1.82, 2.24) is 9.97 Å². The molecule has 4 nitrogen and oxygen atoms in total. The van der Waals surface area contributed by atoms with Crippen LogP contribution in [0.25, 0.3) is 10.2 Å². The van der Waals surface area contributed by atoms with E-state index in [2.05, 4.69) is 23.8 Å². The van der Waals surface area contributed by atoms with E-state index in [9.17, 15) is 4.79 Å². The van der Waals surface area contributed by atoms with Gasteiger partial charge in [0.25, 0.3) is 5.56 Å². The van der Waals surface area contributed by atoms with Crippen LogP contribution in [-0.2, 0) is 0 Å². The number of nitrogens with zero attached hydrogens (tertiary/aromatic N) is 3. The van der Waals surface area contributed by atoms with Gasteiger partial charge in [-0.3, -0.25) is 4.79 Å². The first-order valence-electron chi connectivity index (χ1n) is 6.87. The number of anilines is 2. The minimum atomic E-state index is -0.253. The molecule has 0 aliphatic carbocycles. The van der Waals surface area contributed by atoms with Gasteiger partial charge in [0.2, 0.25) is 0 Å². The first-order valence-corrected chi connectivity index (χ1v) is 8.06. The summed E-state index contributed by atoms with van der Waals surface area (Å²) in [7, 11) is 0. The summed E-state index contributed by atoms with van der Waals surface area (Å²) in [5.74, 6) is 0. The number of pyridine rings is 1. The summed E-state index contributed by atoms with van der Waals surface area (Å²) in [6.45, 7) is 4.10. The van der Waals surface area contributed by atoms with Crippen LogP contribution in [0.1, 0.15) is 13.8 Å². The molecule has 1 aromatic carbocycles. The molecule has 0 aliphatic heterocycles. The smallest absolute Gasteiger partial charge is 0.282 e. The van der Waals surface area contributed by atoms with E-state index in [4.69, 9.17) is 11.6 Å². The van der Waals surface area contributed by atoms with Crippen molar-refractivity contribution >= 4 is 44.0 Å². The van der Waals surface area contributed by atoms with Gasteiger partial charge in [-0.05, 0) is 50.2 Å². The van der Waals surface area contributed by atoms with Gasteiger partial charge >= 0.3 is 0 Å². The molecule has 2 heterocycles. The van der Waals surface area contributed by atoms with Crippen LogP contribution < -0.4 is 10.5 Å². The van der Waals surface area contributed by atoms with E-state index < -0.39 is 0 Å². The molecule has 0 N–H and O–H groups in total. The third-order valence-electron chi connectivity index (χ3n) is 3.21. The third-order valence-corrected chi connectivity index (χ3v) is 4.46. The van der Waals surface area contributed by atoms with Gasteiger partial charge in [-0.2, -0.15) is 4.98 Å². The Bertz CT molecular complexity index is 861. The predicted octanol–water partition coefficient (Wildman–Crippen LogP) is 4.25. The Kier molecular flexibility index (Phi) is 4.09. The highest BCUT2D eigenvalue weighted by molar-refractivity contribution is 7.21. The minimum Gasteiger partial charge on any atom is -0.315 e. The molecule has 0 radical (unpaired) electrons. The van der Waals surface area contributed by atoms with E-state index in [0.717, 1.165) is 5.69 Å². The molecular formula is C16H14ClN3OS. The molecule has 0 saturated carbocycles. The van der Waals surface area contributed by atoms with Crippen LogP contribution in [-0.4, -0.2) is 16.0 Å². The number of fused-ring (bicyclic) bond motifs is 1. The molecular weight excluding hydrogens is 318 g/mol. The highest BCUT2D eigenvalue weighted by atomic mass is 35.5. The zero-order valence-corrected chi connectivity index (χ0v) is 13.7. The number of aromatic nitrogens is 2. The van der Waals surface area contributed by atoms with Crippen molar-refractivity contribution in [2.24, 2.45) is 0 Å². The lowest BCUT2D eigenvalue weighted by Gasteiger charge is -2.27. The van der Waals surface area contributed by atoms with E-state index in [-0.39, 0.29) is 11.6 Å². The van der Waals surface area contributed by atoms with Gasteiger partial charge in [0.1, 0.15) is 4.83 Å². The maximum absolute atomic E-state index is 12.2. The molecule has 112 valence electrons. The summed E-state index contributed by atoms with van der Waals surface area (Å²) >= 11 is 7.36. The predicted molar refractivity (Wildman–Crippen MR) is 92.4 cm³/mol. The summed E-state index contributed by atoms with van der Waals surface area (Å²) in [4.78, 5) is 23.4. The fraction of sp³-hybridized carbons (Fsp3) is 0.188. The quantitative estimate of drug-likeness (QED) is 0.719. The Balaban J connectivity index is 2.17. The van der Waals surface area contributed by atoms with Crippen LogP contribution in [0.2, 0.25) is 5.02 Å². The SMILES string of the molecule is CC(C)N(c1ccc(Cl)cc1)c1nc(=O)c2cccnc2s1. The molecule has 22 heavy (non-hydrogen) atoms. The Morgan fingerprint density at radius 3 is 2.59 bits per heavy atom. The summed E-state index contributed by atoms with van der Waals surface area (Å²) < 4.78 is 0. The van der Waals surface area contributed by atoms with Gasteiger partial charge in [0.05, 0.1) is 5.39 Å². The molecule has 0 amide bonds. The Hall–Kier alpha value is -1.98. The number of benzene rings is 1. The van der Waals surface area contributed by atoms with Crippen molar-refractivity contribution in [2.75, 3.05) is 4.90 Å². The lowest BCUT2D eigenvalue weighted by atomic mass is 10.2. The summed E-state index contributed by atoms with van der Waals surface area (Å²) in [5.41, 5.74) is 0.689. The summed E-state index contributed by atoms with van der Waals surface area (Å²) in [5, 5.41) is 1.86. The molecule has 0 unspecified atom stereocenters. The van der Waals surface area contributed by atoms with Crippen LogP contribution in [0, 0.1) is 0 Å². The lowest BCUT2D eigenvalue weighted by Crippen LogP contribution is -2.27. The number of rotatable bonds is 3. The van der Waals surface area contributed by atoms with Crippen molar-refractivity contribution in [1.29, 1.82) is 0 Å². The van der Waals surface area contributed by atoms with E-state index in [1.54, 1.807) is 18.3 Å². The fourth-order valence-corrected chi connectivity index (χ4v) is 3.45. The average molecular weight is 332 g/mol. The minimum absolute atomic E-state index is 0.144. The van der Waals surface area contributed by atoms with Gasteiger partial charge in [-0.1, -0.05) is 22.9 Å². The van der Waals surface area contributed by atoms with Crippen molar-refractivity contribution in [3.8, 4) is 0 Å². The van der Waals surface area contributed by atoms with Crippen molar-refractivity contribution in [3.63, 3.8) is 0 Å². The van der Waals surface area contributed by atoms with E-state index in [1.165, 1.54) is 11.3 Å². The highest BCUT2D eigenvalue weighted by Gasteiger charge is 2.17. The normalized spacial score (nSPS) is 11.1. The summed E-state index contributed by atoms with van der Waals surface area (Å²) in [6.07, 6.45) is 1.68. The Morgan fingerprint density at radius 1 is 1.18 bits per heavy atom.